The third kappa shape index (κ3) is 3.31. The van der Waals surface area contributed by atoms with Gasteiger partial charge < -0.3 is 5.32 Å². The van der Waals surface area contributed by atoms with Crippen molar-refractivity contribution in [3.8, 4) is 0 Å². The summed E-state index contributed by atoms with van der Waals surface area (Å²) in [5.41, 5.74) is 0.821. The standard InChI is InChI=1S/C17H19F3N2O2/c18-17(19,20)11-5-7-12(8-6-11)21-9-10-22-15(23)13-3-1-2-4-14(13)16(22)24/h1-4,11-12,21H,5-10H2. The molecule has 3 rings (SSSR count). The monoisotopic (exact) mass is 340 g/mol. The van der Waals surface area contributed by atoms with E-state index in [2.05, 4.69) is 5.32 Å². The molecule has 130 valence electrons. The minimum Gasteiger partial charge on any atom is -0.312 e. The van der Waals surface area contributed by atoms with Gasteiger partial charge in [0.1, 0.15) is 0 Å². The van der Waals surface area contributed by atoms with Gasteiger partial charge in [-0.05, 0) is 37.8 Å². The summed E-state index contributed by atoms with van der Waals surface area (Å²) >= 11 is 0. The number of nitrogens with zero attached hydrogens (tertiary/aromatic N) is 1. The lowest BCUT2D eigenvalue weighted by Crippen LogP contribution is -2.42. The zero-order valence-electron chi connectivity index (χ0n) is 13.1. The molecule has 4 nitrogen and oxygen atoms in total. The molecule has 24 heavy (non-hydrogen) atoms. The highest BCUT2D eigenvalue weighted by atomic mass is 19.4. The molecular weight excluding hydrogens is 321 g/mol. The lowest BCUT2D eigenvalue weighted by molar-refractivity contribution is -0.182. The average Bonchev–Trinajstić information content (AvgIpc) is 2.80. The van der Waals surface area contributed by atoms with Crippen molar-refractivity contribution >= 4 is 11.8 Å². The lowest BCUT2D eigenvalue weighted by atomic mass is 9.85. The molecule has 0 unspecified atom stereocenters. The highest BCUT2D eigenvalue weighted by molar-refractivity contribution is 6.21. The number of alkyl halides is 3. The third-order valence-electron chi connectivity index (χ3n) is 4.84. The van der Waals surface area contributed by atoms with Crippen LogP contribution in [-0.2, 0) is 0 Å². The molecule has 1 fully saturated rings. The number of amides is 2. The quantitative estimate of drug-likeness (QED) is 0.858. The number of nitrogens with one attached hydrogen (secondary N) is 1. The molecule has 0 atom stereocenters. The van der Waals surface area contributed by atoms with Crippen LogP contribution < -0.4 is 5.32 Å². The Hall–Kier alpha value is -1.89. The van der Waals surface area contributed by atoms with Gasteiger partial charge in [0.15, 0.2) is 0 Å². The van der Waals surface area contributed by atoms with Crippen LogP contribution in [0.5, 0.6) is 0 Å². The smallest absolute Gasteiger partial charge is 0.312 e. The maximum absolute atomic E-state index is 12.6. The Balaban J connectivity index is 1.47. The molecule has 1 aromatic rings. The fraction of sp³-hybridized carbons (Fsp3) is 0.529. The fourth-order valence-corrected chi connectivity index (χ4v) is 3.45. The fourth-order valence-electron chi connectivity index (χ4n) is 3.45. The van der Waals surface area contributed by atoms with Crippen molar-refractivity contribution in [2.45, 2.75) is 37.9 Å². The van der Waals surface area contributed by atoms with Crippen molar-refractivity contribution in [1.82, 2.24) is 10.2 Å². The number of benzene rings is 1. The highest BCUT2D eigenvalue weighted by Crippen LogP contribution is 2.37. The van der Waals surface area contributed by atoms with E-state index in [1.165, 1.54) is 4.90 Å². The van der Waals surface area contributed by atoms with Gasteiger partial charge in [-0.1, -0.05) is 12.1 Å². The summed E-state index contributed by atoms with van der Waals surface area (Å²) in [5.74, 6) is -1.82. The first-order valence-corrected chi connectivity index (χ1v) is 8.13. The van der Waals surface area contributed by atoms with E-state index in [1.807, 2.05) is 0 Å². The predicted molar refractivity (Wildman–Crippen MR) is 81.6 cm³/mol. The van der Waals surface area contributed by atoms with Crippen LogP contribution in [0.25, 0.3) is 0 Å². The van der Waals surface area contributed by atoms with E-state index in [9.17, 15) is 22.8 Å². The molecule has 0 spiro atoms. The molecule has 7 heteroatoms. The Morgan fingerprint density at radius 1 is 1.00 bits per heavy atom. The molecule has 1 aliphatic heterocycles. The van der Waals surface area contributed by atoms with E-state index < -0.39 is 12.1 Å². The normalized spacial score (nSPS) is 24.4. The van der Waals surface area contributed by atoms with Crippen LogP contribution in [0.1, 0.15) is 46.4 Å². The maximum atomic E-state index is 12.6. The summed E-state index contributed by atoms with van der Waals surface area (Å²) in [7, 11) is 0. The van der Waals surface area contributed by atoms with Gasteiger partial charge in [0.05, 0.1) is 17.0 Å². The van der Waals surface area contributed by atoms with Gasteiger partial charge in [0.2, 0.25) is 0 Å². The van der Waals surface area contributed by atoms with Crippen molar-refractivity contribution in [2.75, 3.05) is 13.1 Å². The number of rotatable bonds is 4. The molecular formula is C17H19F3N2O2. The van der Waals surface area contributed by atoms with Gasteiger partial charge in [-0.3, -0.25) is 14.5 Å². The van der Waals surface area contributed by atoms with Gasteiger partial charge in [0.25, 0.3) is 11.8 Å². The number of fused-ring (bicyclic) bond motifs is 1. The van der Waals surface area contributed by atoms with Crippen LogP contribution in [0.4, 0.5) is 13.2 Å². The number of carbonyl (C=O) groups excluding carboxylic acids is 2. The summed E-state index contributed by atoms with van der Waals surface area (Å²) < 4.78 is 37.9. The molecule has 0 radical (unpaired) electrons. The van der Waals surface area contributed by atoms with E-state index in [0.717, 1.165) is 0 Å². The summed E-state index contributed by atoms with van der Waals surface area (Å²) in [6, 6.07) is 6.69. The minimum absolute atomic E-state index is 0.0128. The number of imide groups is 1. The summed E-state index contributed by atoms with van der Waals surface area (Å²) in [6.45, 7) is 0.623. The first kappa shape index (κ1) is 17.0. The molecule has 1 aromatic carbocycles. The van der Waals surface area contributed by atoms with Crippen molar-refractivity contribution < 1.29 is 22.8 Å². The maximum Gasteiger partial charge on any atom is 0.391 e. The number of halogens is 3. The second-order valence-electron chi connectivity index (χ2n) is 6.35. The van der Waals surface area contributed by atoms with E-state index in [0.29, 0.717) is 30.5 Å². The van der Waals surface area contributed by atoms with Crippen molar-refractivity contribution in [2.24, 2.45) is 5.92 Å². The molecule has 1 saturated carbocycles. The second kappa shape index (κ2) is 6.55. The molecule has 2 aliphatic rings. The summed E-state index contributed by atoms with van der Waals surface area (Å²) in [4.78, 5) is 25.6. The zero-order chi connectivity index (χ0) is 17.3. The largest absolute Gasteiger partial charge is 0.391 e. The van der Waals surface area contributed by atoms with Gasteiger partial charge in [-0.25, -0.2) is 0 Å². The van der Waals surface area contributed by atoms with Crippen LogP contribution in [-0.4, -0.2) is 42.0 Å². The van der Waals surface area contributed by atoms with E-state index in [-0.39, 0.29) is 37.2 Å². The van der Waals surface area contributed by atoms with E-state index >= 15 is 0 Å². The van der Waals surface area contributed by atoms with E-state index in [4.69, 9.17) is 0 Å². The van der Waals surface area contributed by atoms with Crippen molar-refractivity contribution in [3.05, 3.63) is 35.4 Å². The highest BCUT2D eigenvalue weighted by Gasteiger charge is 2.41. The molecule has 0 bridgehead atoms. The predicted octanol–water partition coefficient (Wildman–Crippen LogP) is 2.99. The second-order valence-corrected chi connectivity index (χ2v) is 6.35. The zero-order valence-corrected chi connectivity index (χ0v) is 13.1. The Kier molecular flexibility index (Phi) is 4.62. The van der Waals surface area contributed by atoms with Crippen LogP contribution in [0.3, 0.4) is 0 Å². The number of hydrogen-bond acceptors (Lipinski definition) is 3. The molecule has 0 saturated heterocycles. The minimum atomic E-state index is -4.11. The van der Waals surface area contributed by atoms with Crippen molar-refractivity contribution in [3.63, 3.8) is 0 Å². The van der Waals surface area contributed by atoms with Gasteiger partial charge in [-0.15, -0.1) is 0 Å². The topological polar surface area (TPSA) is 49.4 Å². The Labute approximate surface area is 138 Å². The average molecular weight is 340 g/mol. The molecule has 0 aromatic heterocycles. The third-order valence-corrected chi connectivity index (χ3v) is 4.84. The molecule has 1 N–H and O–H groups in total. The van der Waals surface area contributed by atoms with Crippen LogP contribution >= 0.6 is 0 Å². The SMILES string of the molecule is O=C1c2ccccc2C(=O)N1CCNC1CCC(C(F)(F)F)CC1. The van der Waals surface area contributed by atoms with Crippen LogP contribution in [0, 0.1) is 5.92 Å². The van der Waals surface area contributed by atoms with Crippen LogP contribution in [0.15, 0.2) is 24.3 Å². The Morgan fingerprint density at radius 3 is 2.04 bits per heavy atom. The van der Waals surface area contributed by atoms with E-state index in [1.54, 1.807) is 24.3 Å². The first-order valence-electron chi connectivity index (χ1n) is 8.13. The first-order chi connectivity index (χ1) is 11.4. The molecule has 1 aliphatic carbocycles. The number of hydrogen-bond donors (Lipinski definition) is 1. The number of carbonyl (C=O) groups is 2. The molecule has 1 heterocycles. The summed E-state index contributed by atoms with van der Waals surface area (Å²) in [6.07, 6.45) is -2.91. The van der Waals surface area contributed by atoms with Gasteiger partial charge in [0, 0.05) is 19.1 Å². The lowest BCUT2D eigenvalue weighted by Gasteiger charge is -2.30. The van der Waals surface area contributed by atoms with Crippen molar-refractivity contribution in [1.29, 1.82) is 0 Å². The molecule has 2 amide bonds. The van der Waals surface area contributed by atoms with Gasteiger partial charge in [-0.2, -0.15) is 13.2 Å². The Bertz CT molecular complexity index is 602. The Morgan fingerprint density at radius 2 is 1.54 bits per heavy atom. The summed E-state index contributed by atoms with van der Waals surface area (Å²) in [5, 5.41) is 3.17. The van der Waals surface area contributed by atoms with Gasteiger partial charge >= 0.3 is 6.18 Å². The van der Waals surface area contributed by atoms with Crippen LogP contribution in [0.2, 0.25) is 0 Å².